The molecular weight excluding hydrogens is 294 g/mol. The first kappa shape index (κ1) is 15.4. The Balaban J connectivity index is 1.88. The van der Waals surface area contributed by atoms with Crippen LogP contribution in [0, 0.1) is 0 Å². The van der Waals surface area contributed by atoms with E-state index in [1.54, 1.807) is 23.0 Å². The monoisotopic (exact) mass is 311 g/mol. The van der Waals surface area contributed by atoms with Gasteiger partial charge >= 0.3 is 0 Å². The van der Waals surface area contributed by atoms with E-state index in [-0.39, 0.29) is 10.9 Å². The second kappa shape index (κ2) is 6.20. The van der Waals surface area contributed by atoms with Crippen LogP contribution >= 0.6 is 0 Å². The Bertz CT molecular complexity index is 694. The van der Waals surface area contributed by atoms with Crippen molar-refractivity contribution in [3.05, 3.63) is 36.2 Å². The smallest absolute Gasteiger partial charge is 0.238 e. The molecule has 0 saturated heterocycles. The fourth-order valence-electron chi connectivity index (χ4n) is 1.61. The van der Waals surface area contributed by atoms with E-state index in [1.165, 1.54) is 12.1 Å². The third-order valence-corrected chi connectivity index (χ3v) is 3.69. The molecule has 1 aromatic carbocycles. The number of nitrogens with zero attached hydrogens (tertiary/aromatic N) is 3. The minimum absolute atomic E-state index is 0.0488. The summed E-state index contributed by atoms with van der Waals surface area (Å²) in [6.45, 7) is 2.71. The van der Waals surface area contributed by atoms with Gasteiger partial charge in [0.15, 0.2) is 0 Å². The molecule has 2 aromatic rings. The minimum Gasteiger partial charge on any atom is -0.492 e. The predicted octanol–water partition coefficient (Wildman–Crippen LogP) is 0.0242. The van der Waals surface area contributed by atoms with Crippen molar-refractivity contribution in [2.75, 3.05) is 6.61 Å². The van der Waals surface area contributed by atoms with Crippen molar-refractivity contribution >= 4 is 10.0 Å². The molecule has 0 spiro atoms. The van der Waals surface area contributed by atoms with Crippen LogP contribution in [0.2, 0.25) is 0 Å². The van der Waals surface area contributed by atoms with E-state index >= 15 is 0 Å². The fourth-order valence-corrected chi connectivity index (χ4v) is 2.13. The lowest BCUT2D eigenvalue weighted by Crippen LogP contribution is -2.12. The van der Waals surface area contributed by atoms with Gasteiger partial charge in [-0.05, 0) is 31.2 Å². The number of ether oxygens (including phenoxy) is 1. The van der Waals surface area contributed by atoms with Gasteiger partial charge in [-0.1, -0.05) is 5.21 Å². The third-order valence-electron chi connectivity index (χ3n) is 2.76. The number of nitrogens with two attached hydrogens (primary N) is 2. The lowest BCUT2D eigenvalue weighted by Gasteiger charge is -2.06. The van der Waals surface area contributed by atoms with Gasteiger partial charge in [0.25, 0.3) is 0 Å². The van der Waals surface area contributed by atoms with Crippen LogP contribution in [0.1, 0.15) is 18.7 Å². The van der Waals surface area contributed by atoms with Crippen molar-refractivity contribution in [2.45, 2.75) is 24.4 Å². The molecule has 0 aliphatic carbocycles. The van der Waals surface area contributed by atoms with Gasteiger partial charge in [-0.15, -0.1) is 5.10 Å². The highest BCUT2D eigenvalue weighted by Crippen LogP contribution is 2.14. The Kier molecular flexibility index (Phi) is 4.56. The van der Waals surface area contributed by atoms with Crippen LogP contribution in [-0.2, 0) is 16.6 Å². The highest BCUT2D eigenvalue weighted by atomic mass is 32.2. The molecule has 1 atom stereocenters. The largest absolute Gasteiger partial charge is 0.492 e. The van der Waals surface area contributed by atoms with Gasteiger partial charge in [-0.25, -0.2) is 18.2 Å². The fraction of sp³-hybridized carbons (Fsp3) is 0.333. The van der Waals surface area contributed by atoms with Gasteiger partial charge in [-0.2, -0.15) is 0 Å². The predicted molar refractivity (Wildman–Crippen MR) is 75.9 cm³/mol. The molecule has 0 aliphatic heterocycles. The summed E-state index contributed by atoms with van der Waals surface area (Å²) < 4.78 is 29.3. The van der Waals surface area contributed by atoms with Crippen LogP contribution in [0.15, 0.2) is 35.4 Å². The van der Waals surface area contributed by atoms with E-state index in [9.17, 15) is 8.42 Å². The first-order valence-corrected chi connectivity index (χ1v) is 7.82. The average Bonchev–Trinajstić information content (AvgIpc) is 2.87. The first-order valence-electron chi connectivity index (χ1n) is 6.27. The molecule has 0 aliphatic rings. The molecular formula is C12H17N5O3S. The van der Waals surface area contributed by atoms with Crippen LogP contribution in [0.3, 0.4) is 0 Å². The molecule has 1 aromatic heterocycles. The molecule has 4 N–H and O–H groups in total. The van der Waals surface area contributed by atoms with E-state index in [1.807, 2.05) is 6.92 Å². The zero-order valence-electron chi connectivity index (χ0n) is 11.5. The lowest BCUT2D eigenvalue weighted by molar-refractivity contribution is 0.289. The number of hydrogen-bond donors (Lipinski definition) is 2. The molecule has 1 unspecified atom stereocenters. The number of aromatic nitrogens is 3. The van der Waals surface area contributed by atoms with Gasteiger partial charge in [-0.3, -0.25) is 0 Å². The number of primary sulfonamides is 1. The molecule has 114 valence electrons. The summed E-state index contributed by atoms with van der Waals surface area (Å²) in [6.07, 6.45) is 1.76. The number of hydrogen-bond acceptors (Lipinski definition) is 6. The maximum Gasteiger partial charge on any atom is 0.238 e. The third kappa shape index (κ3) is 4.25. The molecule has 0 saturated carbocycles. The second-order valence-corrected chi connectivity index (χ2v) is 6.12. The van der Waals surface area contributed by atoms with Gasteiger partial charge < -0.3 is 10.5 Å². The Hall–Kier alpha value is -1.97. The zero-order valence-corrected chi connectivity index (χ0v) is 12.3. The van der Waals surface area contributed by atoms with Crippen LogP contribution < -0.4 is 15.6 Å². The lowest BCUT2D eigenvalue weighted by atomic mass is 10.3. The zero-order chi connectivity index (χ0) is 15.5. The maximum absolute atomic E-state index is 11.1. The Morgan fingerprint density at radius 1 is 1.33 bits per heavy atom. The summed E-state index contributed by atoms with van der Waals surface area (Å²) in [5, 5.41) is 12.9. The van der Waals surface area contributed by atoms with Crippen LogP contribution in [-0.4, -0.2) is 30.0 Å². The van der Waals surface area contributed by atoms with Crippen LogP contribution in [0.4, 0.5) is 0 Å². The number of benzene rings is 1. The maximum atomic E-state index is 11.1. The van der Waals surface area contributed by atoms with E-state index in [0.717, 1.165) is 0 Å². The summed E-state index contributed by atoms with van der Waals surface area (Å²) in [7, 11) is -3.68. The highest BCUT2D eigenvalue weighted by Gasteiger charge is 2.07. The van der Waals surface area contributed by atoms with E-state index in [0.29, 0.717) is 24.6 Å². The summed E-state index contributed by atoms with van der Waals surface area (Å²) >= 11 is 0. The van der Waals surface area contributed by atoms with Crippen molar-refractivity contribution in [2.24, 2.45) is 10.9 Å². The summed E-state index contributed by atoms with van der Waals surface area (Å²) in [5.41, 5.74) is 6.40. The number of rotatable bonds is 6. The summed E-state index contributed by atoms with van der Waals surface area (Å²) in [4.78, 5) is 0.0488. The SMILES string of the molecule is CC(N)c1cn(CCOc2ccc(S(N)(=O)=O)cc2)nn1. The minimum atomic E-state index is -3.68. The van der Waals surface area contributed by atoms with E-state index < -0.39 is 10.0 Å². The molecule has 21 heavy (non-hydrogen) atoms. The van der Waals surface area contributed by atoms with Crippen molar-refractivity contribution in [3.8, 4) is 5.75 Å². The normalized spacial score (nSPS) is 13.1. The van der Waals surface area contributed by atoms with Gasteiger partial charge in [0, 0.05) is 6.04 Å². The topological polar surface area (TPSA) is 126 Å². The molecule has 0 radical (unpaired) electrons. The Morgan fingerprint density at radius 2 is 2.00 bits per heavy atom. The van der Waals surface area contributed by atoms with Gasteiger partial charge in [0.05, 0.1) is 23.3 Å². The quantitative estimate of drug-likeness (QED) is 0.774. The van der Waals surface area contributed by atoms with Gasteiger partial charge in [0.2, 0.25) is 10.0 Å². The molecule has 8 nitrogen and oxygen atoms in total. The second-order valence-electron chi connectivity index (χ2n) is 4.56. The average molecular weight is 311 g/mol. The summed E-state index contributed by atoms with van der Waals surface area (Å²) in [5.74, 6) is 0.551. The molecule has 9 heteroatoms. The summed E-state index contributed by atoms with van der Waals surface area (Å²) in [6, 6.07) is 5.73. The molecule has 1 heterocycles. The molecule has 2 rings (SSSR count). The standard InChI is InChI=1S/C12H17N5O3S/c1-9(13)12-8-17(16-15-12)6-7-20-10-2-4-11(5-3-10)21(14,18)19/h2-5,8-9H,6-7,13H2,1H3,(H2,14,18,19). The Labute approximate surface area is 122 Å². The van der Waals surface area contributed by atoms with Crippen LogP contribution in [0.25, 0.3) is 0 Å². The van der Waals surface area contributed by atoms with Crippen molar-refractivity contribution in [3.63, 3.8) is 0 Å². The van der Waals surface area contributed by atoms with Crippen molar-refractivity contribution < 1.29 is 13.2 Å². The number of sulfonamides is 1. The molecule has 0 amide bonds. The molecule has 0 bridgehead atoms. The Morgan fingerprint density at radius 3 is 2.52 bits per heavy atom. The molecule has 0 fully saturated rings. The highest BCUT2D eigenvalue weighted by molar-refractivity contribution is 7.89. The van der Waals surface area contributed by atoms with Crippen LogP contribution in [0.5, 0.6) is 5.75 Å². The van der Waals surface area contributed by atoms with Gasteiger partial charge in [0.1, 0.15) is 12.4 Å². The van der Waals surface area contributed by atoms with Crippen molar-refractivity contribution in [1.82, 2.24) is 15.0 Å². The van der Waals surface area contributed by atoms with E-state index in [2.05, 4.69) is 10.3 Å². The van der Waals surface area contributed by atoms with E-state index in [4.69, 9.17) is 15.6 Å². The van der Waals surface area contributed by atoms with Crippen molar-refractivity contribution in [1.29, 1.82) is 0 Å². The first-order chi connectivity index (χ1) is 9.86.